The molecule has 0 spiro atoms. The number of rotatable bonds is 5. The van der Waals surface area contributed by atoms with E-state index in [4.69, 9.17) is 10.6 Å². The number of hydrazine groups is 1. The third-order valence-corrected chi connectivity index (χ3v) is 4.75. The van der Waals surface area contributed by atoms with Gasteiger partial charge in [-0.05, 0) is 44.3 Å². The molecule has 21 heavy (non-hydrogen) atoms. The summed E-state index contributed by atoms with van der Waals surface area (Å²) >= 11 is 3.53. The predicted molar refractivity (Wildman–Crippen MR) is 89.4 cm³/mol. The first-order valence-corrected chi connectivity index (χ1v) is 8.01. The molecule has 5 nitrogen and oxygen atoms in total. The van der Waals surface area contributed by atoms with Gasteiger partial charge < -0.3 is 9.64 Å². The smallest absolute Gasteiger partial charge is 0.122 e. The van der Waals surface area contributed by atoms with Crippen LogP contribution in [-0.4, -0.2) is 62.7 Å². The third kappa shape index (κ3) is 4.17. The van der Waals surface area contributed by atoms with Crippen LogP contribution in [0.2, 0.25) is 0 Å². The maximum atomic E-state index is 5.84. The standard InChI is InChI=1S/C15H25BrN4O/c1-19-6-7-20(2)14(10-19)13(18-17)9-11-8-12(16)4-5-15(11)21-3/h4-5,8,13-14,18H,6-7,9-10,17H2,1-3H3. The molecule has 0 aliphatic carbocycles. The normalized spacial score (nSPS) is 22.2. The van der Waals surface area contributed by atoms with Gasteiger partial charge in [-0.25, -0.2) is 0 Å². The lowest BCUT2D eigenvalue weighted by Crippen LogP contribution is -2.60. The Labute approximate surface area is 135 Å². The second-order valence-electron chi connectivity index (χ2n) is 5.74. The number of ether oxygens (including phenoxy) is 1. The van der Waals surface area contributed by atoms with Crippen molar-refractivity contribution in [1.82, 2.24) is 15.2 Å². The maximum absolute atomic E-state index is 5.84. The van der Waals surface area contributed by atoms with Crippen molar-refractivity contribution in [3.63, 3.8) is 0 Å². The van der Waals surface area contributed by atoms with Crippen LogP contribution in [-0.2, 0) is 6.42 Å². The minimum absolute atomic E-state index is 0.181. The molecule has 1 aromatic rings. The lowest BCUT2D eigenvalue weighted by molar-refractivity contribution is 0.0875. The summed E-state index contributed by atoms with van der Waals surface area (Å²) in [5.74, 6) is 6.75. The fraction of sp³-hybridized carbons (Fsp3) is 0.600. The highest BCUT2D eigenvalue weighted by molar-refractivity contribution is 9.10. The van der Waals surface area contributed by atoms with Crippen LogP contribution >= 0.6 is 15.9 Å². The number of likely N-dealkylation sites (N-methyl/N-ethyl adjacent to an activating group) is 2. The van der Waals surface area contributed by atoms with Crippen molar-refractivity contribution in [2.75, 3.05) is 40.8 Å². The Morgan fingerprint density at radius 3 is 2.86 bits per heavy atom. The van der Waals surface area contributed by atoms with E-state index in [-0.39, 0.29) is 6.04 Å². The molecule has 2 atom stereocenters. The Balaban J connectivity index is 2.16. The molecule has 3 N–H and O–H groups in total. The van der Waals surface area contributed by atoms with Gasteiger partial charge in [0.1, 0.15) is 5.75 Å². The zero-order valence-electron chi connectivity index (χ0n) is 13.0. The average molecular weight is 357 g/mol. The molecule has 118 valence electrons. The molecular weight excluding hydrogens is 332 g/mol. The summed E-state index contributed by atoms with van der Waals surface area (Å²) in [4.78, 5) is 4.74. The summed E-state index contributed by atoms with van der Waals surface area (Å²) in [6.07, 6.45) is 0.835. The summed E-state index contributed by atoms with van der Waals surface area (Å²) in [5, 5.41) is 0. The Bertz CT molecular complexity index is 471. The monoisotopic (exact) mass is 356 g/mol. The van der Waals surface area contributed by atoms with Crippen LogP contribution in [0.15, 0.2) is 22.7 Å². The molecule has 1 aliphatic heterocycles. The molecule has 1 aliphatic rings. The quantitative estimate of drug-likeness (QED) is 0.610. The second kappa shape index (κ2) is 7.56. The number of nitrogens with one attached hydrogen (secondary N) is 1. The van der Waals surface area contributed by atoms with Crippen molar-refractivity contribution in [2.24, 2.45) is 5.84 Å². The van der Waals surface area contributed by atoms with Crippen LogP contribution in [0.1, 0.15) is 5.56 Å². The van der Waals surface area contributed by atoms with E-state index in [1.165, 1.54) is 0 Å². The number of nitrogens with two attached hydrogens (primary N) is 1. The van der Waals surface area contributed by atoms with Crippen LogP contribution < -0.4 is 16.0 Å². The largest absolute Gasteiger partial charge is 0.496 e. The molecule has 1 saturated heterocycles. The van der Waals surface area contributed by atoms with Gasteiger partial charge in [-0.1, -0.05) is 15.9 Å². The number of methoxy groups -OCH3 is 1. The van der Waals surface area contributed by atoms with Gasteiger partial charge in [-0.15, -0.1) is 0 Å². The molecule has 1 heterocycles. The Morgan fingerprint density at radius 2 is 2.19 bits per heavy atom. The summed E-state index contributed by atoms with van der Waals surface area (Å²) in [7, 11) is 6.03. The maximum Gasteiger partial charge on any atom is 0.122 e. The fourth-order valence-corrected chi connectivity index (χ4v) is 3.34. The third-order valence-electron chi connectivity index (χ3n) is 4.26. The van der Waals surface area contributed by atoms with Gasteiger partial charge in [0.2, 0.25) is 0 Å². The Kier molecular flexibility index (Phi) is 6.01. The molecule has 0 aromatic heterocycles. The Hall–Kier alpha value is -0.660. The van der Waals surface area contributed by atoms with Gasteiger partial charge >= 0.3 is 0 Å². The highest BCUT2D eigenvalue weighted by Crippen LogP contribution is 2.25. The number of benzene rings is 1. The van der Waals surface area contributed by atoms with Crippen LogP contribution in [0.25, 0.3) is 0 Å². The van der Waals surface area contributed by atoms with Gasteiger partial charge in [-0.2, -0.15) is 0 Å². The molecule has 0 bridgehead atoms. The number of halogens is 1. The second-order valence-corrected chi connectivity index (χ2v) is 6.66. The first kappa shape index (κ1) is 16.7. The molecule has 1 fully saturated rings. The van der Waals surface area contributed by atoms with Crippen LogP contribution in [0.4, 0.5) is 0 Å². The molecule has 0 amide bonds. The lowest BCUT2D eigenvalue weighted by atomic mass is 9.96. The van der Waals surface area contributed by atoms with E-state index in [0.29, 0.717) is 6.04 Å². The highest BCUT2D eigenvalue weighted by Gasteiger charge is 2.29. The van der Waals surface area contributed by atoms with Gasteiger partial charge in [-0.3, -0.25) is 16.2 Å². The predicted octanol–water partition coefficient (Wildman–Crippen LogP) is 1.08. The van der Waals surface area contributed by atoms with E-state index in [1.54, 1.807) is 7.11 Å². The first-order valence-electron chi connectivity index (χ1n) is 7.22. The van der Waals surface area contributed by atoms with E-state index in [1.807, 2.05) is 12.1 Å². The van der Waals surface area contributed by atoms with E-state index >= 15 is 0 Å². The summed E-state index contributed by atoms with van der Waals surface area (Å²) in [5.41, 5.74) is 4.17. The number of nitrogens with zero attached hydrogens (tertiary/aromatic N) is 2. The summed E-state index contributed by atoms with van der Waals surface area (Å²) < 4.78 is 6.53. The van der Waals surface area contributed by atoms with E-state index in [9.17, 15) is 0 Å². The van der Waals surface area contributed by atoms with Gasteiger partial charge in [0.15, 0.2) is 0 Å². The van der Waals surface area contributed by atoms with Gasteiger partial charge in [0.05, 0.1) is 7.11 Å². The molecule has 1 aromatic carbocycles. The molecule has 6 heteroatoms. The molecular formula is C15H25BrN4O. The average Bonchev–Trinajstić information content (AvgIpc) is 2.47. The van der Waals surface area contributed by atoms with Crippen molar-refractivity contribution in [3.8, 4) is 5.75 Å². The number of hydrogen-bond acceptors (Lipinski definition) is 5. The lowest BCUT2D eigenvalue weighted by Gasteiger charge is -2.41. The van der Waals surface area contributed by atoms with Crippen molar-refractivity contribution in [1.29, 1.82) is 0 Å². The zero-order chi connectivity index (χ0) is 15.4. The van der Waals surface area contributed by atoms with Crippen molar-refractivity contribution in [3.05, 3.63) is 28.2 Å². The first-order chi connectivity index (χ1) is 10.0. The summed E-state index contributed by atoms with van der Waals surface area (Å²) in [6, 6.07) is 6.66. The summed E-state index contributed by atoms with van der Waals surface area (Å²) in [6.45, 7) is 3.18. The minimum atomic E-state index is 0.181. The van der Waals surface area contributed by atoms with Crippen LogP contribution in [0, 0.1) is 0 Å². The number of hydrogen-bond donors (Lipinski definition) is 2. The number of piperazine rings is 1. The molecule has 0 saturated carbocycles. The van der Waals surface area contributed by atoms with E-state index in [2.05, 4.69) is 51.3 Å². The van der Waals surface area contributed by atoms with Crippen molar-refractivity contribution < 1.29 is 4.74 Å². The molecule has 2 rings (SSSR count). The SMILES string of the molecule is COc1ccc(Br)cc1CC(NN)C1CN(C)CCN1C. The van der Waals surface area contributed by atoms with Crippen LogP contribution in [0.3, 0.4) is 0 Å². The molecule has 0 radical (unpaired) electrons. The fourth-order valence-electron chi connectivity index (χ4n) is 2.93. The Morgan fingerprint density at radius 1 is 1.43 bits per heavy atom. The van der Waals surface area contributed by atoms with Crippen molar-refractivity contribution >= 4 is 15.9 Å². The van der Waals surface area contributed by atoms with E-state index < -0.39 is 0 Å². The topological polar surface area (TPSA) is 53.8 Å². The van der Waals surface area contributed by atoms with Gasteiger partial charge in [0, 0.05) is 36.2 Å². The van der Waals surface area contributed by atoms with Crippen molar-refractivity contribution in [2.45, 2.75) is 18.5 Å². The highest BCUT2D eigenvalue weighted by atomic mass is 79.9. The van der Waals surface area contributed by atoms with E-state index in [0.717, 1.165) is 41.8 Å². The minimum Gasteiger partial charge on any atom is -0.496 e. The van der Waals surface area contributed by atoms with Crippen LogP contribution in [0.5, 0.6) is 5.75 Å². The zero-order valence-corrected chi connectivity index (χ0v) is 14.6. The van der Waals surface area contributed by atoms with Gasteiger partial charge in [0.25, 0.3) is 0 Å². The molecule has 2 unspecified atom stereocenters.